The number of hydrogen-bond donors (Lipinski definition) is 2. The van der Waals surface area contributed by atoms with E-state index >= 15 is 0 Å². The summed E-state index contributed by atoms with van der Waals surface area (Å²) in [6.45, 7) is 1.29. The van der Waals surface area contributed by atoms with Crippen LogP contribution in [0.15, 0.2) is 23.1 Å². The van der Waals surface area contributed by atoms with E-state index in [4.69, 9.17) is 14.6 Å². The zero-order valence-electron chi connectivity index (χ0n) is 13.0. The topological polar surface area (TPSA) is 119 Å². The van der Waals surface area contributed by atoms with E-state index in [9.17, 15) is 18.0 Å². The molecule has 0 spiro atoms. The molecule has 1 unspecified atom stereocenters. The molecule has 1 atom stereocenters. The van der Waals surface area contributed by atoms with Crippen molar-refractivity contribution >= 4 is 21.7 Å². The Balaban J connectivity index is 2.80. The Morgan fingerprint density at radius 1 is 1.22 bits per heavy atom. The first-order chi connectivity index (χ1) is 10.7. The number of nitrogens with one attached hydrogen (secondary N) is 1. The van der Waals surface area contributed by atoms with Gasteiger partial charge in [0.1, 0.15) is 6.04 Å². The summed E-state index contributed by atoms with van der Waals surface area (Å²) < 4.78 is 34.5. The smallest absolute Gasteiger partial charge is 0.325 e. The molecule has 0 radical (unpaired) electrons. The minimum atomic E-state index is -3.71. The number of carboxylic acids is 1. The number of carboxylic acid groups (broad SMARTS) is 1. The third-order valence-electron chi connectivity index (χ3n) is 3.06. The van der Waals surface area contributed by atoms with Crippen molar-refractivity contribution in [2.24, 2.45) is 0 Å². The van der Waals surface area contributed by atoms with Crippen molar-refractivity contribution in [3.05, 3.63) is 18.2 Å². The van der Waals surface area contributed by atoms with Gasteiger partial charge in [-0.05, 0) is 19.1 Å². The van der Waals surface area contributed by atoms with Crippen LogP contribution in [0, 0.1) is 0 Å². The van der Waals surface area contributed by atoms with Crippen molar-refractivity contribution < 1.29 is 32.6 Å². The fourth-order valence-electron chi connectivity index (χ4n) is 1.73. The molecule has 128 valence electrons. The van der Waals surface area contributed by atoms with E-state index in [1.54, 1.807) is 0 Å². The number of sulfone groups is 1. The molecule has 23 heavy (non-hydrogen) atoms. The van der Waals surface area contributed by atoms with Gasteiger partial charge in [0.15, 0.2) is 21.3 Å². The predicted octanol–water partition coefficient (Wildman–Crippen LogP) is 0.457. The Labute approximate surface area is 134 Å². The summed E-state index contributed by atoms with van der Waals surface area (Å²) in [5, 5.41) is 10.9. The van der Waals surface area contributed by atoms with Crippen LogP contribution >= 0.6 is 0 Å². The van der Waals surface area contributed by atoms with E-state index in [-0.39, 0.29) is 17.1 Å². The minimum absolute atomic E-state index is 0.00534. The van der Waals surface area contributed by atoms with Crippen LogP contribution in [0.5, 0.6) is 11.5 Å². The second kappa shape index (κ2) is 7.82. The van der Waals surface area contributed by atoms with E-state index < -0.39 is 33.5 Å². The molecule has 0 heterocycles. The normalized spacial score (nSPS) is 12.3. The maximum atomic E-state index is 12.2. The van der Waals surface area contributed by atoms with Crippen molar-refractivity contribution in [3.63, 3.8) is 0 Å². The predicted molar refractivity (Wildman–Crippen MR) is 81.5 cm³/mol. The molecule has 0 aliphatic rings. The van der Waals surface area contributed by atoms with Crippen LogP contribution < -0.4 is 14.8 Å². The maximum absolute atomic E-state index is 12.2. The van der Waals surface area contributed by atoms with Crippen LogP contribution in [-0.2, 0) is 19.4 Å². The van der Waals surface area contributed by atoms with Gasteiger partial charge in [-0.15, -0.1) is 0 Å². The molecule has 0 fully saturated rings. The summed E-state index contributed by atoms with van der Waals surface area (Å²) in [7, 11) is -0.898. The standard InChI is InChI=1S/C14H19NO7S/c1-9(14(17)18)15-13(16)6-7-23(19,20)10-4-5-11(21-2)12(8-10)22-3/h4-5,8-9H,6-7H2,1-3H3,(H,15,16)(H,17,18). The van der Waals surface area contributed by atoms with Gasteiger partial charge in [0.05, 0.1) is 24.9 Å². The molecule has 1 rings (SSSR count). The van der Waals surface area contributed by atoms with Crippen LogP contribution in [0.1, 0.15) is 13.3 Å². The summed E-state index contributed by atoms with van der Waals surface area (Å²) in [5.74, 6) is -1.64. The van der Waals surface area contributed by atoms with Crippen LogP contribution in [0.4, 0.5) is 0 Å². The van der Waals surface area contributed by atoms with Gasteiger partial charge < -0.3 is 19.9 Å². The number of hydrogen-bond acceptors (Lipinski definition) is 6. The highest BCUT2D eigenvalue weighted by Crippen LogP contribution is 2.29. The molecule has 0 bridgehead atoms. The first kappa shape index (κ1) is 18.8. The first-order valence-corrected chi connectivity index (χ1v) is 8.33. The van der Waals surface area contributed by atoms with Crippen LogP contribution in [0.2, 0.25) is 0 Å². The van der Waals surface area contributed by atoms with E-state index in [0.717, 1.165) is 0 Å². The lowest BCUT2D eigenvalue weighted by Crippen LogP contribution is -2.38. The molecular formula is C14H19NO7S. The summed E-state index contributed by atoms with van der Waals surface area (Å²) >= 11 is 0. The summed E-state index contributed by atoms with van der Waals surface area (Å²) in [4.78, 5) is 22.2. The van der Waals surface area contributed by atoms with Gasteiger partial charge in [-0.3, -0.25) is 9.59 Å². The third-order valence-corrected chi connectivity index (χ3v) is 4.77. The van der Waals surface area contributed by atoms with E-state index in [1.165, 1.54) is 39.3 Å². The highest BCUT2D eigenvalue weighted by atomic mass is 32.2. The number of rotatable bonds is 8. The van der Waals surface area contributed by atoms with Gasteiger partial charge in [0, 0.05) is 12.5 Å². The lowest BCUT2D eigenvalue weighted by atomic mass is 10.3. The lowest BCUT2D eigenvalue weighted by Gasteiger charge is -2.11. The number of benzene rings is 1. The van der Waals surface area contributed by atoms with Gasteiger partial charge in [-0.2, -0.15) is 0 Å². The molecule has 0 saturated heterocycles. The molecule has 0 aromatic heterocycles. The fraction of sp³-hybridized carbons (Fsp3) is 0.429. The van der Waals surface area contributed by atoms with E-state index in [2.05, 4.69) is 5.32 Å². The summed E-state index contributed by atoms with van der Waals surface area (Å²) in [6, 6.07) is 3.05. The Morgan fingerprint density at radius 3 is 2.35 bits per heavy atom. The lowest BCUT2D eigenvalue weighted by molar-refractivity contribution is -0.141. The molecule has 9 heteroatoms. The highest BCUT2D eigenvalue weighted by molar-refractivity contribution is 7.91. The average Bonchev–Trinajstić information content (AvgIpc) is 2.52. The van der Waals surface area contributed by atoms with Crippen molar-refractivity contribution in [1.29, 1.82) is 0 Å². The van der Waals surface area contributed by atoms with Gasteiger partial charge in [-0.1, -0.05) is 0 Å². The van der Waals surface area contributed by atoms with Gasteiger partial charge in [0.25, 0.3) is 0 Å². The van der Waals surface area contributed by atoms with Crippen LogP contribution in [0.3, 0.4) is 0 Å². The second-order valence-electron chi connectivity index (χ2n) is 4.71. The largest absolute Gasteiger partial charge is 0.493 e. The monoisotopic (exact) mass is 345 g/mol. The minimum Gasteiger partial charge on any atom is -0.493 e. The van der Waals surface area contributed by atoms with Crippen molar-refractivity contribution in [2.45, 2.75) is 24.3 Å². The molecule has 8 nitrogen and oxygen atoms in total. The summed E-state index contributed by atoms with van der Waals surface area (Å²) in [6.07, 6.45) is -0.339. The zero-order valence-corrected chi connectivity index (χ0v) is 13.8. The number of ether oxygens (including phenoxy) is 2. The number of amides is 1. The average molecular weight is 345 g/mol. The van der Waals surface area contributed by atoms with E-state index in [1.807, 2.05) is 0 Å². The Bertz CT molecular complexity index is 684. The summed E-state index contributed by atoms with van der Waals surface area (Å²) in [5.41, 5.74) is 0. The Morgan fingerprint density at radius 2 is 1.83 bits per heavy atom. The molecule has 1 aromatic carbocycles. The van der Waals surface area contributed by atoms with Crippen LogP contribution in [0.25, 0.3) is 0 Å². The second-order valence-corrected chi connectivity index (χ2v) is 6.82. The number of aliphatic carboxylic acids is 1. The molecule has 0 saturated carbocycles. The third kappa shape index (κ3) is 5.13. The van der Waals surface area contributed by atoms with Crippen molar-refractivity contribution in [3.8, 4) is 11.5 Å². The number of carbonyl (C=O) groups excluding carboxylic acids is 1. The molecular weight excluding hydrogens is 326 g/mol. The van der Waals surface area contributed by atoms with E-state index in [0.29, 0.717) is 5.75 Å². The SMILES string of the molecule is COc1ccc(S(=O)(=O)CCC(=O)NC(C)C(=O)O)cc1OC. The zero-order chi connectivity index (χ0) is 17.6. The van der Waals surface area contributed by atoms with Gasteiger partial charge in [0.2, 0.25) is 5.91 Å². The number of methoxy groups -OCH3 is 2. The highest BCUT2D eigenvalue weighted by Gasteiger charge is 2.20. The van der Waals surface area contributed by atoms with Crippen molar-refractivity contribution in [2.75, 3.05) is 20.0 Å². The Kier molecular flexibility index (Phi) is 6.38. The molecule has 0 aliphatic heterocycles. The molecule has 2 N–H and O–H groups in total. The first-order valence-electron chi connectivity index (χ1n) is 6.68. The molecule has 1 amide bonds. The number of carbonyl (C=O) groups is 2. The maximum Gasteiger partial charge on any atom is 0.325 e. The van der Waals surface area contributed by atoms with Gasteiger partial charge >= 0.3 is 5.97 Å². The Hall–Kier alpha value is -2.29. The quantitative estimate of drug-likeness (QED) is 0.702. The molecule has 1 aromatic rings. The van der Waals surface area contributed by atoms with Crippen molar-refractivity contribution in [1.82, 2.24) is 5.32 Å². The fourth-order valence-corrected chi connectivity index (χ4v) is 2.98. The van der Waals surface area contributed by atoms with Crippen LogP contribution in [-0.4, -0.2) is 51.4 Å². The van der Waals surface area contributed by atoms with Gasteiger partial charge in [-0.25, -0.2) is 8.42 Å². The molecule has 0 aliphatic carbocycles.